The van der Waals surface area contributed by atoms with Crippen molar-refractivity contribution in [3.63, 3.8) is 0 Å². The normalized spacial score (nSPS) is 46.2. The quantitative estimate of drug-likeness (QED) is 0.594. The molecule has 4 fully saturated rings. The first-order chi connectivity index (χ1) is 14.3. The van der Waals surface area contributed by atoms with Gasteiger partial charge in [0.05, 0.1) is 6.10 Å². The average Bonchev–Trinajstić information content (AvgIpc) is 3.04. The van der Waals surface area contributed by atoms with Crippen molar-refractivity contribution in [2.24, 2.45) is 34.5 Å². The summed E-state index contributed by atoms with van der Waals surface area (Å²) in [5.41, 5.74) is 1.92. The van der Waals surface area contributed by atoms with Crippen LogP contribution in [-0.2, 0) is 0 Å². The van der Waals surface area contributed by atoms with Gasteiger partial charge in [0.25, 0.3) is 0 Å². The Hall–Kier alpha value is -0.420. The van der Waals surface area contributed by atoms with Crippen LogP contribution in [-0.4, -0.2) is 60.5 Å². The number of piperidine rings is 1. The lowest BCUT2D eigenvalue weighted by molar-refractivity contribution is -0.0938. The van der Waals surface area contributed by atoms with Crippen LogP contribution in [0, 0.1) is 34.5 Å². The minimum absolute atomic E-state index is 0.137. The molecule has 172 valence electrons. The minimum Gasteiger partial charge on any atom is -0.396 e. The summed E-state index contributed by atoms with van der Waals surface area (Å²) in [7, 11) is 2.23. The molecule has 3 N–H and O–H groups in total. The standard InChI is InChI=1S/C26H46N2O2/c1-18-5-6-23-22(16-27-20-9-13-28(4)14-10-20)24(8-12-25(18,23)2)26(3)11-7-21(30)15-19(26)17-29/h19-24,27,29-30H,1,5-17H2,2-4H3. The van der Waals surface area contributed by atoms with Gasteiger partial charge in [-0.05, 0) is 119 Å². The largest absolute Gasteiger partial charge is 0.396 e. The topological polar surface area (TPSA) is 55.7 Å². The van der Waals surface area contributed by atoms with Gasteiger partial charge in [0.15, 0.2) is 0 Å². The number of aliphatic hydroxyl groups is 2. The van der Waals surface area contributed by atoms with Crippen molar-refractivity contribution in [2.75, 3.05) is 33.3 Å². The van der Waals surface area contributed by atoms with Crippen LogP contribution in [0.2, 0.25) is 0 Å². The van der Waals surface area contributed by atoms with E-state index in [9.17, 15) is 10.2 Å². The van der Waals surface area contributed by atoms with Gasteiger partial charge in [-0.15, -0.1) is 0 Å². The Morgan fingerprint density at radius 1 is 1.07 bits per heavy atom. The molecule has 4 rings (SSSR count). The fourth-order valence-electron chi connectivity index (χ4n) is 7.98. The summed E-state index contributed by atoms with van der Waals surface area (Å²) >= 11 is 0. The van der Waals surface area contributed by atoms with Crippen molar-refractivity contribution >= 4 is 0 Å². The van der Waals surface area contributed by atoms with Gasteiger partial charge in [0.1, 0.15) is 0 Å². The lowest BCUT2D eigenvalue weighted by Crippen LogP contribution is -2.54. The number of aliphatic hydroxyl groups excluding tert-OH is 2. The molecule has 0 aromatic carbocycles. The molecule has 1 saturated heterocycles. The van der Waals surface area contributed by atoms with Crippen molar-refractivity contribution in [2.45, 2.75) is 83.8 Å². The minimum atomic E-state index is -0.230. The fourth-order valence-corrected chi connectivity index (χ4v) is 7.98. The van der Waals surface area contributed by atoms with E-state index in [1.165, 1.54) is 57.2 Å². The molecule has 4 heteroatoms. The van der Waals surface area contributed by atoms with Crippen molar-refractivity contribution in [3.8, 4) is 0 Å². The Balaban J connectivity index is 1.55. The van der Waals surface area contributed by atoms with Gasteiger partial charge < -0.3 is 20.4 Å². The zero-order chi connectivity index (χ0) is 21.5. The third-order valence-corrected chi connectivity index (χ3v) is 10.3. The van der Waals surface area contributed by atoms with E-state index >= 15 is 0 Å². The van der Waals surface area contributed by atoms with E-state index in [2.05, 4.69) is 37.7 Å². The molecule has 0 radical (unpaired) electrons. The predicted octanol–water partition coefficient (Wildman–Crippen LogP) is 3.83. The molecule has 4 aliphatic rings. The average molecular weight is 419 g/mol. The van der Waals surface area contributed by atoms with E-state index < -0.39 is 0 Å². The first kappa shape index (κ1) is 22.8. The number of nitrogens with one attached hydrogen (secondary N) is 1. The summed E-state index contributed by atoms with van der Waals surface area (Å²) in [4.78, 5) is 2.44. The maximum absolute atomic E-state index is 10.3. The van der Waals surface area contributed by atoms with E-state index in [-0.39, 0.29) is 24.0 Å². The summed E-state index contributed by atoms with van der Waals surface area (Å²) in [6, 6.07) is 0.647. The molecule has 1 heterocycles. The van der Waals surface area contributed by atoms with Gasteiger partial charge in [0, 0.05) is 12.6 Å². The van der Waals surface area contributed by atoms with Crippen molar-refractivity contribution in [3.05, 3.63) is 12.2 Å². The van der Waals surface area contributed by atoms with Crippen LogP contribution in [0.25, 0.3) is 0 Å². The van der Waals surface area contributed by atoms with Gasteiger partial charge in [-0.2, -0.15) is 0 Å². The molecule has 0 aromatic heterocycles. The number of nitrogens with zero attached hydrogens (tertiary/aromatic N) is 1. The number of allylic oxidation sites excluding steroid dienone is 1. The smallest absolute Gasteiger partial charge is 0.0544 e. The monoisotopic (exact) mass is 418 g/mol. The van der Waals surface area contributed by atoms with Gasteiger partial charge in [-0.1, -0.05) is 26.0 Å². The predicted molar refractivity (Wildman–Crippen MR) is 123 cm³/mol. The lowest BCUT2D eigenvalue weighted by Gasteiger charge is -2.57. The summed E-state index contributed by atoms with van der Waals surface area (Å²) in [6.07, 6.45) is 9.98. The Kier molecular flexibility index (Phi) is 6.71. The molecule has 30 heavy (non-hydrogen) atoms. The zero-order valence-corrected chi connectivity index (χ0v) is 19.7. The van der Waals surface area contributed by atoms with E-state index in [1.54, 1.807) is 0 Å². The van der Waals surface area contributed by atoms with Gasteiger partial charge in [-0.3, -0.25) is 0 Å². The molecule has 0 aromatic rings. The van der Waals surface area contributed by atoms with Crippen LogP contribution in [0.15, 0.2) is 12.2 Å². The van der Waals surface area contributed by atoms with Gasteiger partial charge in [-0.25, -0.2) is 0 Å². The summed E-state index contributed by atoms with van der Waals surface area (Å²) in [6.45, 7) is 13.2. The Morgan fingerprint density at radius 2 is 1.80 bits per heavy atom. The second-order valence-electron chi connectivity index (χ2n) is 11.8. The molecule has 4 nitrogen and oxygen atoms in total. The SMILES string of the molecule is C=C1CCC2C(CNC3CCN(C)CC3)C(C3(C)CCC(O)CC3CO)CCC12C. The Labute approximate surface area is 184 Å². The Morgan fingerprint density at radius 3 is 2.50 bits per heavy atom. The van der Waals surface area contributed by atoms with Crippen LogP contribution in [0.4, 0.5) is 0 Å². The molecule has 0 amide bonds. The summed E-state index contributed by atoms with van der Waals surface area (Å²) in [5, 5.41) is 24.6. The van der Waals surface area contributed by atoms with Crippen molar-refractivity contribution in [1.29, 1.82) is 0 Å². The van der Waals surface area contributed by atoms with Crippen LogP contribution in [0.5, 0.6) is 0 Å². The third-order valence-electron chi connectivity index (χ3n) is 10.3. The van der Waals surface area contributed by atoms with E-state index in [4.69, 9.17) is 0 Å². The molecular formula is C26H46N2O2. The highest BCUT2D eigenvalue weighted by Gasteiger charge is 2.56. The summed E-state index contributed by atoms with van der Waals surface area (Å²) in [5.74, 6) is 2.22. The molecular weight excluding hydrogens is 372 g/mol. The highest BCUT2D eigenvalue weighted by atomic mass is 16.3. The molecule has 0 bridgehead atoms. The first-order valence-electron chi connectivity index (χ1n) is 12.7. The second-order valence-corrected chi connectivity index (χ2v) is 11.8. The number of hydrogen-bond donors (Lipinski definition) is 3. The van der Waals surface area contributed by atoms with Crippen molar-refractivity contribution in [1.82, 2.24) is 10.2 Å². The molecule has 3 aliphatic carbocycles. The van der Waals surface area contributed by atoms with E-state index in [0.717, 1.165) is 25.8 Å². The number of rotatable bonds is 5. The first-order valence-corrected chi connectivity index (χ1v) is 12.7. The maximum atomic E-state index is 10.3. The van der Waals surface area contributed by atoms with Gasteiger partial charge >= 0.3 is 0 Å². The molecule has 7 atom stereocenters. The van der Waals surface area contributed by atoms with Crippen LogP contribution in [0.1, 0.15) is 71.6 Å². The highest BCUT2D eigenvalue weighted by molar-refractivity contribution is 5.21. The third kappa shape index (κ3) is 4.02. The summed E-state index contributed by atoms with van der Waals surface area (Å²) < 4.78 is 0. The van der Waals surface area contributed by atoms with Crippen molar-refractivity contribution < 1.29 is 10.2 Å². The highest BCUT2D eigenvalue weighted by Crippen LogP contribution is 2.63. The Bertz CT molecular complexity index is 616. The molecule has 7 unspecified atom stereocenters. The van der Waals surface area contributed by atoms with Crippen LogP contribution >= 0.6 is 0 Å². The lowest BCUT2D eigenvalue weighted by atomic mass is 9.49. The number of fused-ring (bicyclic) bond motifs is 1. The van der Waals surface area contributed by atoms with Crippen LogP contribution in [0.3, 0.4) is 0 Å². The maximum Gasteiger partial charge on any atom is 0.0544 e. The second kappa shape index (κ2) is 8.84. The van der Waals surface area contributed by atoms with E-state index in [1.807, 2.05) is 0 Å². The molecule has 1 aliphatic heterocycles. The molecule has 0 spiro atoms. The molecule has 3 saturated carbocycles. The number of hydrogen-bond acceptors (Lipinski definition) is 4. The van der Waals surface area contributed by atoms with Crippen LogP contribution < -0.4 is 5.32 Å². The zero-order valence-electron chi connectivity index (χ0n) is 19.7. The van der Waals surface area contributed by atoms with Gasteiger partial charge in [0.2, 0.25) is 0 Å². The fraction of sp³-hybridized carbons (Fsp3) is 0.923. The van der Waals surface area contributed by atoms with E-state index in [0.29, 0.717) is 29.2 Å². The number of likely N-dealkylation sites (tertiary alicyclic amines) is 1.